The maximum atomic E-state index is 12.4. The minimum Gasteiger partial charge on any atom is -0.478 e. The molecule has 0 bridgehead atoms. The minimum atomic E-state index is -1.06. The second kappa shape index (κ2) is 6.74. The molecule has 0 aromatic heterocycles. The van der Waals surface area contributed by atoms with Crippen LogP contribution in [0.4, 0.5) is 0 Å². The average Bonchev–Trinajstić information content (AvgIpc) is 3.27. The van der Waals surface area contributed by atoms with Gasteiger partial charge in [-0.2, -0.15) is 0 Å². The Morgan fingerprint density at radius 2 is 2.10 bits per heavy atom. The number of aliphatic hydroxyl groups excluding tert-OH is 1. The predicted molar refractivity (Wildman–Crippen MR) is 79.3 cm³/mol. The molecule has 0 spiro atoms. The van der Waals surface area contributed by atoms with E-state index in [4.69, 9.17) is 21.8 Å². The maximum absolute atomic E-state index is 12.4. The molecule has 1 saturated carbocycles. The molecule has 1 amide bonds. The second-order valence-electron chi connectivity index (χ2n) is 4.86. The molecule has 0 radical (unpaired) electrons. The standard InChI is InChI=1S/C15H16ClNO4/c16-13-9-11(2-1-10(13)3-6-14(19)20)15(21)17(7-8-18)12-4-5-12/h1-3,6,9,12,18H,4-5,7-8H2,(H,19,20)/b6-3+. The van der Waals surface area contributed by atoms with E-state index in [0.717, 1.165) is 18.9 Å². The van der Waals surface area contributed by atoms with Gasteiger partial charge >= 0.3 is 5.97 Å². The van der Waals surface area contributed by atoms with Gasteiger partial charge in [0.05, 0.1) is 6.61 Å². The first-order valence-electron chi connectivity index (χ1n) is 6.65. The van der Waals surface area contributed by atoms with E-state index in [1.165, 1.54) is 12.1 Å². The molecule has 0 atom stereocenters. The van der Waals surface area contributed by atoms with Crippen molar-refractivity contribution in [3.8, 4) is 0 Å². The molecule has 2 rings (SSSR count). The zero-order chi connectivity index (χ0) is 15.4. The molecule has 6 heteroatoms. The number of rotatable bonds is 6. The fourth-order valence-electron chi connectivity index (χ4n) is 2.07. The van der Waals surface area contributed by atoms with Crippen LogP contribution in [-0.2, 0) is 4.79 Å². The summed E-state index contributed by atoms with van der Waals surface area (Å²) < 4.78 is 0. The topological polar surface area (TPSA) is 77.8 Å². The average molecular weight is 310 g/mol. The van der Waals surface area contributed by atoms with Gasteiger partial charge in [-0.3, -0.25) is 4.79 Å². The molecule has 0 aliphatic heterocycles. The van der Waals surface area contributed by atoms with Crippen molar-refractivity contribution >= 4 is 29.6 Å². The fraction of sp³-hybridized carbons (Fsp3) is 0.333. The summed E-state index contributed by atoms with van der Waals surface area (Å²) in [5, 5.41) is 18.0. The number of carboxylic acids is 1. The van der Waals surface area contributed by atoms with Gasteiger partial charge in [0.15, 0.2) is 0 Å². The van der Waals surface area contributed by atoms with Gasteiger partial charge in [-0.15, -0.1) is 0 Å². The van der Waals surface area contributed by atoms with Crippen molar-refractivity contribution in [2.75, 3.05) is 13.2 Å². The molecular formula is C15H16ClNO4. The lowest BCUT2D eigenvalue weighted by Crippen LogP contribution is -2.35. The number of carbonyl (C=O) groups excluding carboxylic acids is 1. The van der Waals surface area contributed by atoms with E-state index in [2.05, 4.69) is 0 Å². The Kier molecular flexibility index (Phi) is 4.98. The number of halogens is 1. The Morgan fingerprint density at radius 3 is 2.62 bits per heavy atom. The number of carbonyl (C=O) groups is 2. The van der Waals surface area contributed by atoms with Crippen molar-refractivity contribution in [3.05, 3.63) is 40.4 Å². The molecular weight excluding hydrogens is 294 g/mol. The van der Waals surface area contributed by atoms with Crippen molar-refractivity contribution < 1.29 is 19.8 Å². The summed E-state index contributed by atoms with van der Waals surface area (Å²) in [5.74, 6) is -1.23. The molecule has 2 N–H and O–H groups in total. The molecule has 1 aromatic rings. The third-order valence-corrected chi connectivity index (χ3v) is 3.57. The molecule has 0 heterocycles. The monoisotopic (exact) mass is 309 g/mol. The SMILES string of the molecule is O=C(O)/C=C/c1ccc(C(=O)N(CCO)C2CC2)cc1Cl. The molecule has 1 aliphatic carbocycles. The van der Waals surface area contributed by atoms with E-state index in [1.807, 2.05) is 0 Å². The van der Waals surface area contributed by atoms with E-state index in [-0.39, 0.29) is 18.6 Å². The van der Waals surface area contributed by atoms with Crippen LogP contribution in [0.5, 0.6) is 0 Å². The molecule has 112 valence electrons. The number of nitrogens with zero attached hydrogens (tertiary/aromatic N) is 1. The molecule has 1 aliphatic rings. The number of hydrogen-bond acceptors (Lipinski definition) is 3. The summed E-state index contributed by atoms with van der Waals surface area (Å²) in [6.45, 7) is 0.233. The van der Waals surface area contributed by atoms with Gasteiger partial charge in [-0.05, 0) is 36.6 Å². The first-order chi connectivity index (χ1) is 10.0. The van der Waals surface area contributed by atoms with Crippen LogP contribution in [0.15, 0.2) is 24.3 Å². The Morgan fingerprint density at radius 1 is 1.38 bits per heavy atom. The predicted octanol–water partition coefficient (Wildman–Crippen LogP) is 2.03. The third kappa shape index (κ3) is 4.06. The molecule has 1 fully saturated rings. The van der Waals surface area contributed by atoms with Gasteiger partial charge in [0.2, 0.25) is 0 Å². The summed E-state index contributed by atoms with van der Waals surface area (Å²) in [6.07, 6.45) is 4.29. The number of amides is 1. The van der Waals surface area contributed by atoms with Crippen LogP contribution in [0.25, 0.3) is 6.08 Å². The first kappa shape index (κ1) is 15.5. The van der Waals surface area contributed by atoms with Crippen LogP contribution in [0.3, 0.4) is 0 Å². The van der Waals surface area contributed by atoms with Crippen LogP contribution in [-0.4, -0.2) is 46.2 Å². The molecule has 0 saturated heterocycles. The van der Waals surface area contributed by atoms with Crippen LogP contribution in [0.2, 0.25) is 5.02 Å². The van der Waals surface area contributed by atoms with Crippen LogP contribution in [0.1, 0.15) is 28.8 Å². The van der Waals surface area contributed by atoms with Gasteiger partial charge < -0.3 is 15.1 Å². The maximum Gasteiger partial charge on any atom is 0.328 e. The van der Waals surface area contributed by atoms with E-state index in [0.29, 0.717) is 22.7 Å². The van der Waals surface area contributed by atoms with Gasteiger partial charge in [-0.1, -0.05) is 17.7 Å². The van der Waals surface area contributed by atoms with Gasteiger partial charge in [0.1, 0.15) is 0 Å². The Labute approximate surface area is 127 Å². The molecule has 0 unspecified atom stereocenters. The van der Waals surface area contributed by atoms with Crippen LogP contribution >= 0.6 is 11.6 Å². The number of aliphatic hydroxyl groups is 1. The molecule has 1 aromatic carbocycles. The number of hydrogen-bond donors (Lipinski definition) is 2. The number of carboxylic acid groups (broad SMARTS) is 1. The smallest absolute Gasteiger partial charge is 0.328 e. The van der Waals surface area contributed by atoms with E-state index < -0.39 is 5.97 Å². The summed E-state index contributed by atoms with van der Waals surface area (Å²) in [6, 6.07) is 4.95. The highest BCUT2D eigenvalue weighted by atomic mass is 35.5. The third-order valence-electron chi connectivity index (χ3n) is 3.24. The second-order valence-corrected chi connectivity index (χ2v) is 5.27. The van der Waals surface area contributed by atoms with E-state index in [1.54, 1.807) is 17.0 Å². The Hall–Kier alpha value is -1.85. The van der Waals surface area contributed by atoms with Gasteiger partial charge in [0, 0.05) is 29.2 Å². The highest BCUT2D eigenvalue weighted by Gasteiger charge is 2.32. The number of aliphatic carboxylic acids is 1. The largest absolute Gasteiger partial charge is 0.478 e. The van der Waals surface area contributed by atoms with Crippen molar-refractivity contribution in [2.24, 2.45) is 0 Å². The van der Waals surface area contributed by atoms with Crippen molar-refractivity contribution in [3.63, 3.8) is 0 Å². The lowest BCUT2D eigenvalue weighted by atomic mass is 10.1. The molecule has 21 heavy (non-hydrogen) atoms. The van der Waals surface area contributed by atoms with Crippen molar-refractivity contribution in [1.82, 2.24) is 4.90 Å². The lowest BCUT2D eigenvalue weighted by molar-refractivity contribution is -0.131. The van der Waals surface area contributed by atoms with Crippen LogP contribution < -0.4 is 0 Å². The Bertz CT molecular complexity index is 581. The lowest BCUT2D eigenvalue weighted by Gasteiger charge is -2.21. The van der Waals surface area contributed by atoms with Crippen LogP contribution in [0, 0.1) is 0 Å². The van der Waals surface area contributed by atoms with Crippen molar-refractivity contribution in [1.29, 1.82) is 0 Å². The minimum absolute atomic E-state index is 0.0740. The summed E-state index contributed by atoms with van der Waals surface area (Å²) in [7, 11) is 0. The summed E-state index contributed by atoms with van der Waals surface area (Å²) in [5.41, 5.74) is 0.976. The van der Waals surface area contributed by atoms with E-state index >= 15 is 0 Å². The fourth-order valence-corrected chi connectivity index (χ4v) is 2.31. The molecule has 5 nitrogen and oxygen atoms in total. The quantitative estimate of drug-likeness (QED) is 0.788. The van der Waals surface area contributed by atoms with Gasteiger partial charge in [0.25, 0.3) is 5.91 Å². The van der Waals surface area contributed by atoms with Gasteiger partial charge in [-0.25, -0.2) is 4.79 Å². The Balaban J connectivity index is 2.18. The highest BCUT2D eigenvalue weighted by molar-refractivity contribution is 6.32. The zero-order valence-electron chi connectivity index (χ0n) is 11.3. The first-order valence-corrected chi connectivity index (χ1v) is 7.03. The van der Waals surface area contributed by atoms with E-state index in [9.17, 15) is 9.59 Å². The highest BCUT2D eigenvalue weighted by Crippen LogP contribution is 2.29. The summed E-state index contributed by atoms with van der Waals surface area (Å²) >= 11 is 6.07. The zero-order valence-corrected chi connectivity index (χ0v) is 12.1. The van der Waals surface area contributed by atoms with Crippen molar-refractivity contribution in [2.45, 2.75) is 18.9 Å². The number of benzene rings is 1. The normalized spacial score (nSPS) is 14.4. The summed E-state index contributed by atoms with van der Waals surface area (Å²) in [4.78, 5) is 24.5.